The monoisotopic (exact) mass is 443 g/mol. The van der Waals surface area contributed by atoms with Crippen molar-refractivity contribution < 1.29 is 4.79 Å². The molecule has 0 saturated heterocycles. The topological polar surface area (TPSA) is 126 Å². The molecule has 0 radical (unpaired) electrons. The molecule has 3 aromatic rings. The number of thiophene rings is 1. The molecule has 0 spiro atoms. The fourth-order valence-corrected chi connectivity index (χ4v) is 6.33. The van der Waals surface area contributed by atoms with Crippen LogP contribution in [0.2, 0.25) is 0 Å². The van der Waals surface area contributed by atoms with Crippen molar-refractivity contribution in [1.82, 2.24) is 24.7 Å². The number of hydrogen-bond acceptors (Lipinski definition) is 8. The molecule has 30 heavy (non-hydrogen) atoms. The molecular weight excluding hydrogens is 418 g/mol. The fraction of sp³-hybridized carbons (Fsp3) is 0.550. The molecule has 3 heterocycles. The third-order valence-electron chi connectivity index (χ3n) is 5.83. The van der Waals surface area contributed by atoms with Crippen LogP contribution >= 0.6 is 23.1 Å². The van der Waals surface area contributed by atoms with E-state index in [1.165, 1.54) is 28.6 Å². The van der Waals surface area contributed by atoms with Crippen LogP contribution in [-0.4, -0.2) is 30.6 Å². The van der Waals surface area contributed by atoms with Crippen LogP contribution in [0.5, 0.6) is 0 Å². The van der Waals surface area contributed by atoms with Gasteiger partial charge in [-0.15, -0.1) is 21.5 Å². The number of carbonyl (C=O) groups is 1. The number of primary amides is 1. The minimum atomic E-state index is -0.320. The number of fused-ring (bicyclic) bond motifs is 3. The maximum absolute atomic E-state index is 11.3. The van der Waals surface area contributed by atoms with Crippen LogP contribution in [-0.2, 0) is 29.9 Å². The van der Waals surface area contributed by atoms with Gasteiger partial charge in [-0.1, -0.05) is 18.7 Å². The van der Waals surface area contributed by atoms with E-state index >= 15 is 0 Å². The fourth-order valence-electron chi connectivity index (χ4n) is 4.09. The molecule has 158 valence electrons. The number of nitrogen functional groups attached to an aromatic ring is 1. The minimum absolute atomic E-state index is 0.278. The van der Waals surface area contributed by atoms with E-state index < -0.39 is 0 Å². The summed E-state index contributed by atoms with van der Waals surface area (Å²) in [5.41, 5.74) is 13.1. The Hall–Kier alpha value is -2.20. The van der Waals surface area contributed by atoms with Crippen LogP contribution in [0.3, 0.4) is 0 Å². The van der Waals surface area contributed by atoms with E-state index in [0.29, 0.717) is 35.8 Å². The van der Waals surface area contributed by atoms with E-state index in [2.05, 4.69) is 22.1 Å². The van der Waals surface area contributed by atoms with E-state index in [9.17, 15) is 4.79 Å². The predicted octanol–water partition coefficient (Wildman–Crippen LogP) is 3.03. The number of aromatic nitrogens is 5. The second kappa shape index (κ2) is 7.81. The smallest absolute Gasteiger partial charge is 0.219 e. The van der Waals surface area contributed by atoms with Gasteiger partial charge >= 0.3 is 0 Å². The summed E-state index contributed by atoms with van der Waals surface area (Å²) < 4.78 is 2.03. The van der Waals surface area contributed by atoms with Gasteiger partial charge in [0.1, 0.15) is 22.3 Å². The summed E-state index contributed by atoms with van der Waals surface area (Å²) >= 11 is 3.29. The number of anilines is 1. The zero-order chi connectivity index (χ0) is 20.8. The highest BCUT2D eigenvalue weighted by Gasteiger charge is 2.30. The number of hydrogen-bond donors (Lipinski definition) is 2. The maximum atomic E-state index is 11.3. The number of amides is 1. The molecule has 5 rings (SSSR count). The van der Waals surface area contributed by atoms with Crippen molar-refractivity contribution in [3.05, 3.63) is 22.1 Å². The predicted molar refractivity (Wildman–Crippen MR) is 118 cm³/mol. The Morgan fingerprint density at radius 2 is 2.10 bits per heavy atom. The Kier molecular flexibility index (Phi) is 5.14. The second-order valence-corrected chi connectivity index (χ2v) is 10.4. The first-order valence-corrected chi connectivity index (χ1v) is 12.2. The summed E-state index contributed by atoms with van der Waals surface area (Å²) in [5.74, 6) is 3.63. The van der Waals surface area contributed by atoms with E-state index in [1.54, 1.807) is 11.3 Å². The van der Waals surface area contributed by atoms with Gasteiger partial charge in [0.05, 0.1) is 11.1 Å². The van der Waals surface area contributed by atoms with E-state index in [4.69, 9.17) is 16.5 Å². The molecule has 1 unspecified atom stereocenters. The molecule has 4 N–H and O–H groups in total. The molecule has 10 heteroatoms. The normalized spacial score (nSPS) is 18.6. The average molecular weight is 444 g/mol. The molecule has 1 amide bonds. The highest BCUT2D eigenvalue weighted by atomic mass is 32.2. The lowest BCUT2D eigenvalue weighted by molar-refractivity contribution is -0.118. The lowest BCUT2D eigenvalue weighted by Gasteiger charge is -2.17. The first-order chi connectivity index (χ1) is 14.5. The van der Waals surface area contributed by atoms with Crippen molar-refractivity contribution in [3.8, 4) is 0 Å². The number of nitrogens with zero attached hydrogens (tertiary/aromatic N) is 5. The Morgan fingerprint density at radius 1 is 1.27 bits per heavy atom. The number of thioether (sulfide) groups is 1. The highest BCUT2D eigenvalue weighted by Crippen LogP contribution is 2.41. The van der Waals surface area contributed by atoms with Crippen molar-refractivity contribution >= 4 is 45.0 Å². The highest BCUT2D eigenvalue weighted by molar-refractivity contribution is 7.98. The van der Waals surface area contributed by atoms with E-state index in [0.717, 1.165) is 46.9 Å². The largest absolute Gasteiger partial charge is 0.383 e. The molecule has 8 nitrogen and oxygen atoms in total. The number of rotatable bonds is 7. The number of aryl methyl sites for hydroxylation is 1. The van der Waals surface area contributed by atoms with Gasteiger partial charge in [0.25, 0.3) is 0 Å². The standard InChI is InChI=1S/C20H25N7OS2/c1-10-2-5-12-13(8-10)30-19-16(12)17(22)23-15(24-19)9-29-20-26-25-18(11-3-4-11)27(20)7-6-14(21)28/h10-11H,2-9H2,1H3,(H2,21,28)(H2,22,23,24). The van der Waals surface area contributed by atoms with Gasteiger partial charge in [-0.3, -0.25) is 4.79 Å². The third kappa shape index (κ3) is 3.78. The van der Waals surface area contributed by atoms with Crippen molar-refractivity contribution in [2.45, 2.75) is 68.8 Å². The third-order valence-corrected chi connectivity index (χ3v) is 7.94. The molecule has 1 fully saturated rings. The van der Waals surface area contributed by atoms with Gasteiger partial charge < -0.3 is 16.0 Å². The first-order valence-electron chi connectivity index (χ1n) is 10.4. The molecule has 0 aromatic carbocycles. The van der Waals surface area contributed by atoms with Gasteiger partial charge in [0, 0.05) is 23.8 Å². The molecule has 2 aliphatic carbocycles. The van der Waals surface area contributed by atoms with Gasteiger partial charge in [-0.25, -0.2) is 9.97 Å². The van der Waals surface area contributed by atoms with Crippen molar-refractivity contribution in [1.29, 1.82) is 0 Å². The molecule has 0 bridgehead atoms. The average Bonchev–Trinajstić information content (AvgIpc) is 3.35. The summed E-state index contributed by atoms with van der Waals surface area (Å²) in [6.45, 7) is 2.81. The SMILES string of the molecule is CC1CCc2c(sc3nc(CSc4nnc(C5CC5)n4CCC(N)=O)nc(N)c23)C1. The molecule has 1 atom stereocenters. The van der Waals surface area contributed by atoms with Gasteiger partial charge in [0.2, 0.25) is 5.91 Å². The Morgan fingerprint density at radius 3 is 2.87 bits per heavy atom. The van der Waals surface area contributed by atoms with Crippen LogP contribution in [0.1, 0.15) is 60.6 Å². The zero-order valence-electron chi connectivity index (χ0n) is 16.9. The summed E-state index contributed by atoms with van der Waals surface area (Å²) in [6, 6.07) is 0. The summed E-state index contributed by atoms with van der Waals surface area (Å²) in [7, 11) is 0. The Labute approximate surface area is 182 Å². The second-order valence-electron chi connectivity index (χ2n) is 8.33. The molecule has 1 saturated carbocycles. The van der Waals surface area contributed by atoms with Crippen LogP contribution in [0.4, 0.5) is 5.82 Å². The van der Waals surface area contributed by atoms with Crippen molar-refractivity contribution in [3.63, 3.8) is 0 Å². The minimum Gasteiger partial charge on any atom is -0.383 e. The summed E-state index contributed by atoms with van der Waals surface area (Å²) in [6.07, 6.45) is 5.88. The Balaban J connectivity index is 1.38. The van der Waals surface area contributed by atoms with Crippen LogP contribution in [0.25, 0.3) is 10.2 Å². The molecule has 0 aliphatic heterocycles. The van der Waals surface area contributed by atoms with Gasteiger partial charge in [0.15, 0.2) is 5.16 Å². The van der Waals surface area contributed by atoms with Gasteiger partial charge in [-0.05, 0) is 43.6 Å². The quantitative estimate of drug-likeness (QED) is 0.538. The Bertz CT molecular complexity index is 1120. The summed E-state index contributed by atoms with van der Waals surface area (Å²) in [5, 5.41) is 10.5. The van der Waals surface area contributed by atoms with Crippen LogP contribution in [0.15, 0.2) is 5.16 Å². The maximum Gasteiger partial charge on any atom is 0.219 e. The number of carbonyl (C=O) groups excluding carboxylic acids is 1. The number of nitrogens with two attached hydrogens (primary N) is 2. The van der Waals surface area contributed by atoms with E-state index in [-0.39, 0.29) is 12.3 Å². The van der Waals surface area contributed by atoms with E-state index in [1.807, 2.05) is 4.57 Å². The lowest BCUT2D eigenvalue weighted by Crippen LogP contribution is -2.15. The van der Waals surface area contributed by atoms with Crippen LogP contribution in [0, 0.1) is 5.92 Å². The molecular formula is C20H25N7OS2. The first kappa shape index (κ1) is 19.7. The van der Waals surface area contributed by atoms with Crippen molar-refractivity contribution in [2.75, 3.05) is 5.73 Å². The zero-order valence-corrected chi connectivity index (χ0v) is 18.6. The van der Waals surface area contributed by atoms with Crippen LogP contribution < -0.4 is 11.5 Å². The lowest BCUT2D eigenvalue weighted by atomic mass is 9.89. The summed E-state index contributed by atoms with van der Waals surface area (Å²) in [4.78, 5) is 23.1. The molecule has 2 aliphatic rings. The molecule has 3 aromatic heterocycles. The van der Waals surface area contributed by atoms with Crippen molar-refractivity contribution in [2.24, 2.45) is 11.7 Å². The van der Waals surface area contributed by atoms with Gasteiger partial charge in [-0.2, -0.15) is 0 Å².